The number of aromatic carboxylic acids is 1. The molecule has 0 bridgehead atoms. The molecule has 1 aliphatic rings. The maximum Gasteiger partial charge on any atom is 0.354 e. The van der Waals surface area contributed by atoms with Crippen LogP contribution in [0, 0.1) is 10.1 Å². The third kappa shape index (κ3) is 3.88. The van der Waals surface area contributed by atoms with Gasteiger partial charge in [-0.1, -0.05) is 0 Å². The van der Waals surface area contributed by atoms with E-state index in [0.29, 0.717) is 0 Å². The molecule has 1 atom stereocenters. The lowest BCUT2D eigenvalue weighted by Crippen LogP contribution is -2.33. The Morgan fingerprint density at radius 2 is 2.19 bits per heavy atom. The number of likely N-dealkylation sites (tertiary alicyclic amines) is 1. The van der Waals surface area contributed by atoms with E-state index in [1.54, 1.807) is 0 Å². The number of pyridine rings is 1. The summed E-state index contributed by atoms with van der Waals surface area (Å²) in [6, 6.07) is 2.25. The Kier molecular flexibility index (Phi) is 4.69. The van der Waals surface area contributed by atoms with E-state index in [2.05, 4.69) is 15.2 Å². The molecular formula is C13H18N4O4. The van der Waals surface area contributed by atoms with Crippen molar-refractivity contribution >= 4 is 17.5 Å². The highest BCUT2D eigenvalue weighted by Crippen LogP contribution is 2.23. The first-order valence-electron chi connectivity index (χ1n) is 6.85. The van der Waals surface area contributed by atoms with Gasteiger partial charge in [-0.15, -0.1) is 0 Å². The normalized spacial score (nSPS) is 16.6. The molecular weight excluding hydrogens is 276 g/mol. The van der Waals surface area contributed by atoms with Crippen molar-refractivity contribution in [2.75, 3.05) is 25.0 Å². The molecule has 1 aromatic heterocycles. The zero-order valence-electron chi connectivity index (χ0n) is 11.8. The first-order chi connectivity index (χ1) is 9.97. The van der Waals surface area contributed by atoms with Gasteiger partial charge in [0.1, 0.15) is 0 Å². The van der Waals surface area contributed by atoms with Crippen molar-refractivity contribution < 1.29 is 14.8 Å². The molecule has 2 heterocycles. The summed E-state index contributed by atoms with van der Waals surface area (Å²) in [4.78, 5) is 27.5. The molecule has 8 heteroatoms. The second-order valence-corrected chi connectivity index (χ2v) is 5.18. The summed E-state index contributed by atoms with van der Waals surface area (Å²) in [5.41, 5.74) is -0.426. The molecule has 114 valence electrons. The van der Waals surface area contributed by atoms with Crippen molar-refractivity contribution in [1.29, 1.82) is 0 Å². The molecule has 1 unspecified atom stereocenters. The van der Waals surface area contributed by atoms with Crippen molar-refractivity contribution in [2.45, 2.75) is 25.8 Å². The average Bonchev–Trinajstić information content (AvgIpc) is 2.90. The molecule has 0 saturated carbocycles. The topological polar surface area (TPSA) is 109 Å². The average molecular weight is 294 g/mol. The molecule has 1 aromatic rings. The fourth-order valence-corrected chi connectivity index (χ4v) is 2.46. The standard InChI is InChI=1S/C13H18N4O4/c1-9(8-16-6-2-3-7-16)14-12-11(17(20)21)5-4-10(15-12)13(18)19/h4-5,9H,2-3,6-8H2,1H3,(H,14,15)(H,18,19). The zero-order valence-corrected chi connectivity index (χ0v) is 11.8. The number of carboxylic acids is 1. The predicted octanol–water partition coefficient (Wildman–Crippen LogP) is 1.58. The quantitative estimate of drug-likeness (QED) is 0.605. The van der Waals surface area contributed by atoms with Crippen LogP contribution in [0.25, 0.3) is 0 Å². The van der Waals surface area contributed by atoms with Crippen LogP contribution in [0.15, 0.2) is 12.1 Å². The largest absolute Gasteiger partial charge is 0.477 e. The Morgan fingerprint density at radius 3 is 2.76 bits per heavy atom. The van der Waals surface area contributed by atoms with Crippen LogP contribution in [0.2, 0.25) is 0 Å². The maximum absolute atomic E-state index is 11.0. The van der Waals surface area contributed by atoms with Gasteiger partial charge in [-0.3, -0.25) is 10.1 Å². The number of carboxylic acid groups (broad SMARTS) is 1. The Bertz CT molecular complexity index is 543. The van der Waals surface area contributed by atoms with Gasteiger partial charge in [0, 0.05) is 18.7 Å². The monoisotopic (exact) mass is 294 g/mol. The lowest BCUT2D eigenvalue weighted by molar-refractivity contribution is -0.384. The SMILES string of the molecule is CC(CN1CCCC1)Nc1nc(C(=O)O)ccc1[N+](=O)[O-]. The van der Waals surface area contributed by atoms with E-state index in [-0.39, 0.29) is 23.2 Å². The van der Waals surface area contributed by atoms with Crippen LogP contribution < -0.4 is 5.32 Å². The van der Waals surface area contributed by atoms with Crippen LogP contribution in [0.1, 0.15) is 30.3 Å². The van der Waals surface area contributed by atoms with Crippen molar-refractivity contribution in [2.24, 2.45) is 0 Å². The minimum Gasteiger partial charge on any atom is -0.477 e. The van der Waals surface area contributed by atoms with Crippen LogP contribution >= 0.6 is 0 Å². The molecule has 0 radical (unpaired) electrons. The number of hydrogen-bond donors (Lipinski definition) is 2. The van der Waals surface area contributed by atoms with Crippen molar-refractivity contribution in [3.8, 4) is 0 Å². The molecule has 2 rings (SSSR count). The second kappa shape index (κ2) is 6.49. The van der Waals surface area contributed by atoms with Crippen LogP contribution in [0.4, 0.5) is 11.5 Å². The van der Waals surface area contributed by atoms with Gasteiger partial charge < -0.3 is 15.3 Å². The number of nitrogens with one attached hydrogen (secondary N) is 1. The van der Waals surface area contributed by atoms with E-state index in [1.807, 2.05) is 6.92 Å². The van der Waals surface area contributed by atoms with E-state index in [9.17, 15) is 14.9 Å². The van der Waals surface area contributed by atoms with Crippen LogP contribution in [-0.2, 0) is 0 Å². The summed E-state index contributed by atoms with van der Waals surface area (Å²) < 4.78 is 0. The highest BCUT2D eigenvalue weighted by atomic mass is 16.6. The first kappa shape index (κ1) is 15.2. The Labute approximate surface area is 121 Å². The van der Waals surface area contributed by atoms with E-state index >= 15 is 0 Å². The fourth-order valence-electron chi connectivity index (χ4n) is 2.46. The molecule has 2 N–H and O–H groups in total. The van der Waals surface area contributed by atoms with Crippen molar-refractivity contribution in [3.63, 3.8) is 0 Å². The molecule has 0 amide bonds. The minimum atomic E-state index is -1.21. The van der Waals surface area contributed by atoms with E-state index < -0.39 is 10.9 Å². The van der Waals surface area contributed by atoms with Gasteiger partial charge in [-0.25, -0.2) is 9.78 Å². The van der Waals surface area contributed by atoms with Crippen molar-refractivity contribution in [1.82, 2.24) is 9.88 Å². The first-order valence-corrected chi connectivity index (χ1v) is 6.85. The molecule has 21 heavy (non-hydrogen) atoms. The number of nitrogens with zero attached hydrogens (tertiary/aromatic N) is 3. The van der Waals surface area contributed by atoms with E-state index in [1.165, 1.54) is 18.9 Å². The smallest absolute Gasteiger partial charge is 0.354 e. The Hall–Kier alpha value is -2.22. The summed E-state index contributed by atoms with van der Waals surface area (Å²) in [5, 5.41) is 22.9. The Morgan fingerprint density at radius 1 is 1.52 bits per heavy atom. The number of aromatic nitrogens is 1. The van der Waals surface area contributed by atoms with Gasteiger partial charge in [0.2, 0.25) is 5.82 Å². The van der Waals surface area contributed by atoms with Gasteiger partial charge in [0.05, 0.1) is 4.92 Å². The summed E-state index contributed by atoms with van der Waals surface area (Å²) in [7, 11) is 0. The van der Waals surface area contributed by atoms with Crippen LogP contribution in [-0.4, -0.2) is 51.6 Å². The summed E-state index contributed by atoms with van der Waals surface area (Å²) in [5.74, 6) is -1.20. The third-order valence-electron chi connectivity index (χ3n) is 3.40. The summed E-state index contributed by atoms with van der Waals surface area (Å²) in [6.07, 6.45) is 2.33. The lowest BCUT2D eigenvalue weighted by atomic mass is 10.2. The molecule has 0 aliphatic carbocycles. The Balaban J connectivity index is 2.13. The number of rotatable bonds is 6. The van der Waals surface area contributed by atoms with Gasteiger partial charge in [-0.2, -0.15) is 0 Å². The molecule has 0 spiro atoms. The molecule has 0 aromatic carbocycles. The highest BCUT2D eigenvalue weighted by molar-refractivity contribution is 5.86. The predicted molar refractivity (Wildman–Crippen MR) is 76.6 cm³/mol. The van der Waals surface area contributed by atoms with Crippen LogP contribution in [0.3, 0.4) is 0 Å². The second-order valence-electron chi connectivity index (χ2n) is 5.18. The van der Waals surface area contributed by atoms with Crippen molar-refractivity contribution in [3.05, 3.63) is 27.9 Å². The van der Waals surface area contributed by atoms with Gasteiger partial charge in [-0.05, 0) is 38.9 Å². The molecule has 1 aliphatic heterocycles. The lowest BCUT2D eigenvalue weighted by Gasteiger charge is -2.21. The molecule has 1 saturated heterocycles. The fraction of sp³-hybridized carbons (Fsp3) is 0.538. The van der Waals surface area contributed by atoms with E-state index in [4.69, 9.17) is 5.11 Å². The third-order valence-corrected chi connectivity index (χ3v) is 3.40. The number of hydrogen-bond acceptors (Lipinski definition) is 6. The van der Waals surface area contributed by atoms with Gasteiger partial charge in [0.15, 0.2) is 5.69 Å². The van der Waals surface area contributed by atoms with E-state index in [0.717, 1.165) is 25.7 Å². The molecule has 8 nitrogen and oxygen atoms in total. The van der Waals surface area contributed by atoms with Crippen LogP contribution in [0.5, 0.6) is 0 Å². The maximum atomic E-state index is 11.0. The number of nitro groups is 1. The number of carbonyl (C=O) groups is 1. The summed E-state index contributed by atoms with van der Waals surface area (Å²) in [6.45, 7) is 4.70. The highest BCUT2D eigenvalue weighted by Gasteiger charge is 2.21. The van der Waals surface area contributed by atoms with Gasteiger partial charge >= 0.3 is 11.7 Å². The zero-order chi connectivity index (χ0) is 15.4. The molecule has 1 fully saturated rings. The van der Waals surface area contributed by atoms with Gasteiger partial charge in [0.25, 0.3) is 0 Å². The summed E-state index contributed by atoms with van der Waals surface area (Å²) >= 11 is 0. The minimum absolute atomic E-state index is 0.00611. The number of anilines is 1.